The van der Waals surface area contributed by atoms with Crippen LogP contribution in [0.15, 0.2) is 60.8 Å². The second-order valence-corrected chi connectivity index (χ2v) is 5.60. The van der Waals surface area contributed by atoms with Gasteiger partial charge in [0.15, 0.2) is 0 Å². The Kier molecular flexibility index (Phi) is 5.23. The topological polar surface area (TPSA) is 49.8 Å². The molecule has 0 saturated carbocycles. The number of aromatic nitrogens is 2. The lowest BCUT2D eigenvalue weighted by molar-refractivity contribution is 0.610. The SMILES string of the molecule is Fc1ccccc1CCNc1ccnc(Nc2ccc(Cl)cc2)n1. The molecule has 3 aromatic rings. The molecule has 2 N–H and O–H groups in total. The van der Waals surface area contributed by atoms with Gasteiger partial charge in [0.1, 0.15) is 11.6 Å². The molecule has 6 heteroatoms. The van der Waals surface area contributed by atoms with Gasteiger partial charge >= 0.3 is 0 Å². The van der Waals surface area contributed by atoms with Crippen molar-refractivity contribution in [2.45, 2.75) is 6.42 Å². The normalized spacial score (nSPS) is 10.4. The van der Waals surface area contributed by atoms with Gasteiger partial charge in [0.05, 0.1) is 0 Å². The second kappa shape index (κ2) is 7.75. The molecular formula is C18H16ClFN4. The predicted octanol–water partition coefficient (Wildman–Crippen LogP) is 4.67. The minimum Gasteiger partial charge on any atom is -0.370 e. The summed E-state index contributed by atoms with van der Waals surface area (Å²) < 4.78 is 13.6. The molecule has 0 unspecified atom stereocenters. The third kappa shape index (κ3) is 4.43. The molecule has 4 nitrogen and oxygen atoms in total. The average molecular weight is 343 g/mol. The Morgan fingerprint density at radius 2 is 1.79 bits per heavy atom. The zero-order valence-corrected chi connectivity index (χ0v) is 13.6. The summed E-state index contributed by atoms with van der Waals surface area (Å²) in [6.45, 7) is 0.582. The van der Waals surface area contributed by atoms with Crippen LogP contribution in [0.3, 0.4) is 0 Å². The van der Waals surface area contributed by atoms with Crippen molar-refractivity contribution in [1.82, 2.24) is 9.97 Å². The van der Waals surface area contributed by atoms with Crippen molar-refractivity contribution in [3.05, 3.63) is 77.2 Å². The van der Waals surface area contributed by atoms with Crippen molar-refractivity contribution >= 4 is 29.1 Å². The molecule has 0 fully saturated rings. The van der Waals surface area contributed by atoms with E-state index in [2.05, 4.69) is 20.6 Å². The number of nitrogens with one attached hydrogen (secondary N) is 2. The first-order valence-corrected chi connectivity index (χ1v) is 7.91. The van der Waals surface area contributed by atoms with Crippen molar-refractivity contribution in [3.8, 4) is 0 Å². The molecule has 0 aliphatic carbocycles. The summed E-state index contributed by atoms with van der Waals surface area (Å²) in [7, 11) is 0. The number of nitrogens with zero attached hydrogens (tertiary/aromatic N) is 2. The number of anilines is 3. The van der Waals surface area contributed by atoms with Crippen LogP contribution in [0.1, 0.15) is 5.56 Å². The molecule has 1 aromatic heterocycles. The van der Waals surface area contributed by atoms with E-state index < -0.39 is 0 Å². The van der Waals surface area contributed by atoms with Gasteiger partial charge < -0.3 is 10.6 Å². The van der Waals surface area contributed by atoms with Gasteiger partial charge in [-0.3, -0.25) is 0 Å². The van der Waals surface area contributed by atoms with Gasteiger partial charge in [-0.1, -0.05) is 29.8 Å². The summed E-state index contributed by atoms with van der Waals surface area (Å²) in [5.41, 5.74) is 1.53. The minimum atomic E-state index is -0.188. The fourth-order valence-electron chi connectivity index (χ4n) is 2.21. The van der Waals surface area contributed by atoms with Crippen LogP contribution < -0.4 is 10.6 Å². The monoisotopic (exact) mass is 342 g/mol. The van der Waals surface area contributed by atoms with Gasteiger partial charge in [-0.05, 0) is 48.4 Å². The Morgan fingerprint density at radius 1 is 1.00 bits per heavy atom. The molecule has 24 heavy (non-hydrogen) atoms. The molecule has 0 amide bonds. The molecule has 0 bridgehead atoms. The first-order chi connectivity index (χ1) is 11.7. The third-order valence-corrected chi connectivity index (χ3v) is 3.67. The Labute approximate surface area is 144 Å². The highest BCUT2D eigenvalue weighted by Crippen LogP contribution is 2.17. The maximum absolute atomic E-state index is 13.6. The highest BCUT2D eigenvalue weighted by Gasteiger charge is 2.02. The maximum atomic E-state index is 13.6. The van der Waals surface area contributed by atoms with Crippen molar-refractivity contribution in [3.63, 3.8) is 0 Å². The lowest BCUT2D eigenvalue weighted by Gasteiger charge is -2.09. The quantitative estimate of drug-likeness (QED) is 0.683. The summed E-state index contributed by atoms with van der Waals surface area (Å²) in [5, 5.41) is 6.96. The van der Waals surface area contributed by atoms with Crippen molar-refractivity contribution in [2.24, 2.45) is 0 Å². The van der Waals surface area contributed by atoms with E-state index in [0.29, 0.717) is 35.3 Å². The molecule has 3 rings (SSSR count). The highest BCUT2D eigenvalue weighted by atomic mass is 35.5. The molecule has 0 aliphatic heterocycles. The summed E-state index contributed by atoms with van der Waals surface area (Å²) in [5.74, 6) is 0.970. The van der Waals surface area contributed by atoms with Crippen LogP contribution in [0, 0.1) is 5.82 Å². The summed E-state index contributed by atoms with van der Waals surface area (Å²) in [6.07, 6.45) is 2.24. The fraction of sp³-hybridized carbons (Fsp3) is 0.111. The number of rotatable bonds is 6. The standard InChI is InChI=1S/C18H16ClFN4/c19-14-5-7-15(8-6-14)23-18-22-12-10-17(24-18)21-11-9-13-3-1-2-4-16(13)20/h1-8,10,12H,9,11H2,(H2,21,22,23,24). The Bertz CT molecular complexity index is 808. The first-order valence-electron chi connectivity index (χ1n) is 7.53. The van der Waals surface area contributed by atoms with E-state index in [1.165, 1.54) is 6.07 Å². The average Bonchev–Trinajstić information content (AvgIpc) is 2.59. The second-order valence-electron chi connectivity index (χ2n) is 5.17. The van der Waals surface area contributed by atoms with E-state index in [9.17, 15) is 4.39 Å². The zero-order chi connectivity index (χ0) is 16.8. The van der Waals surface area contributed by atoms with Gasteiger partial charge in [-0.2, -0.15) is 4.98 Å². The predicted molar refractivity (Wildman–Crippen MR) is 95.4 cm³/mol. The minimum absolute atomic E-state index is 0.188. The molecule has 0 radical (unpaired) electrons. The van der Waals surface area contributed by atoms with Crippen LogP contribution in [0.4, 0.5) is 21.8 Å². The fourth-order valence-corrected chi connectivity index (χ4v) is 2.33. The van der Waals surface area contributed by atoms with E-state index in [-0.39, 0.29) is 5.82 Å². The van der Waals surface area contributed by atoms with Crippen molar-refractivity contribution in [2.75, 3.05) is 17.2 Å². The molecule has 0 spiro atoms. The smallest absolute Gasteiger partial charge is 0.229 e. The van der Waals surface area contributed by atoms with Crippen LogP contribution in [-0.4, -0.2) is 16.5 Å². The van der Waals surface area contributed by atoms with E-state index in [4.69, 9.17) is 11.6 Å². The lowest BCUT2D eigenvalue weighted by Crippen LogP contribution is -2.08. The van der Waals surface area contributed by atoms with E-state index in [1.807, 2.05) is 18.2 Å². The molecule has 2 aromatic carbocycles. The van der Waals surface area contributed by atoms with Crippen LogP contribution in [0.2, 0.25) is 5.02 Å². The van der Waals surface area contributed by atoms with E-state index >= 15 is 0 Å². The summed E-state index contributed by atoms with van der Waals surface area (Å²) >= 11 is 5.86. The Balaban J connectivity index is 1.59. The molecular weight excluding hydrogens is 327 g/mol. The number of hydrogen-bond donors (Lipinski definition) is 2. The Hall–Kier alpha value is -2.66. The third-order valence-electron chi connectivity index (χ3n) is 3.41. The maximum Gasteiger partial charge on any atom is 0.229 e. The summed E-state index contributed by atoms with van der Waals surface area (Å²) in [6, 6.07) is 15.8. The first kappa shape index (κ1) is 16.2. The highest BCUT2D eigenvalue weighted by molar-refractivity contribution is 6.30. The number of benzene rings is 2. The molecule has 1 heterocycles. The molecule has 0 atom stereocenters. The van der Waals surface area contributed by atoms with Gasteiger partial charge in [0, 0.05) is 23.5 Å². The van der Waals surface area contributed by atoms with Gasteiger partial charge in [-0.15, -0.1) is 0 Å². The van der Waals surface area contributed by atoms with Gasteiger partial charge in [0.25, 0.3) is 0 Å². The molecule has 0 saturated heterocycles. The van der Waals surface area contributed by atoms with Crippen molar-refractivity contribution in [1.29, 1.82) is 0 Å². The lowest BCUT2D eigenvalue weighted by atomic mass is 10.1. The summed E-state index contributed by atoms with van der Waals surface area (Å²) in [4.78, 5) is 8.57. The number of hydrogen-bond acceptors (Lipinski definition) is 4. The molecule has 122 valence electrons. The zero-order valence-electron chi connectivity index (χ0n) is 12.8. The van der Waals surface area contributed by atoms with Crippen LogP contribution in [0.25, 0.3) is 0 Å². The van der Waals surface area contributed by atoms with Gasteiger partial charge in [0.2, 0.25) is 5.95 Å². The Morgan fingerprint density at radius 3 is 2.58 bits per heavy atom. The van der Waals surface area contributed by atoms with E-state index in [1.54, 1.807) is 36.5 Å². The van der Waals surface area contributed by atoms with Crippen molar-refractivity contribution < 1.29 is 4.39 Å². The van der Waals surface area contributed by atoms with Gasteiger partial charge in [-0.25, -0.2) is 9.37 Å². The number of halogens is 2. The largest absolute Gasteiger partial charge is 0.370 e. The van der Waals surface area contributed by atoms with Crippen LogP contribution in [-0.2, 0) is 6.42 Å². The van der Waals surface area contributed by atoms with Crippen LogP contribution in [0.5, 0.6) is 0 Å². The molecule has 0 aliphatic rings. The van der Waals surface area contributed by atoms with Crippen LogP contribution >= 0.6 is 11.6 Å². The van der Waals surface area contributed by atoms with E-state index in [0.717, 1.165) is 5.69 Å².